The van der Waals surface area contributed by atoms with Crippen LogP contribution >= 0.6 is 11.8 Å². The number of rotatable bonds is 5. The Morgan fingerprint density at radius 2 is 1.96 bits per heavy atom. The van der Waals surface area contributed by atoms with Crippen molar-refractivity contribution in [1.29, 1.82) is 0 Å². The van der Waals surface area contributed by atoms with Gasteiger partial charge in [0.1, 0.15) is 0 Å². The lowest BCUT2D eigenvalue weighted by Gasteiger charge is -2.09. The molecule has 0 saturated heterocycles. The largest absolute Gasteiger partial charge is 0.465 e. The first-order valence-corrected chi connectivity index (χ1v) is 8.07. The number of nitrogens with one attached hydrogen (secondary N) is 1. The van der Waals surface area contributed by atoms with E-state index >= 15 is 0 Å². The van der Waals surface area contributed by atoms with Crippen molar-refractivity contribution >= 4 is 35.0 Å². The number of methoxy groups -OCH3 is 1. The SMILES string of the molecule is COC(=O)c1ccccc1NC(=O)CSc1nnc2ccccn12. The normalized spacial score (nSPS) is 10.5. The molecule has 24 heavy (non-hydrogen) atoms. The molecule has 1 N–H and O–H groups in total. The van der Waals surface area contributed by atoms with Crippen molar-refractivity contribution in [2.75, 3.05) is 18.2 Å². The van der Waals surface area contributed by atoms with Crippen LogP contribution in [0.2, 0.25) is 0 Å². The number of hydrogen-bond acceptors (Lipinski definition) is 6. The molecule has 3 aromatic rings. The van der Waals surface area contributed by atoms with Crippen LogP contribution in [0.5, 0.6) is 0 Å². The lowest BCUT2D eigenvalue weighted by molar-refractivity contribution is -0.113. The summed E-state index contributed by atoms with van der Waals surface area (Å²) < 4.78 is 6.51. The highest BCUT2D eigenvalue weighted by molar-refractivity contribution is 7.99. The van der Waals surface area contributed by atoms with Gasteiger partial charge in [0.15, 0.2) is 10.8 Å². The van der Waals surface area contributed by atoms with E-state index in [1.165, 1.54) is 18.9 Å². The Bertz CT molecular complexity index is 894. The van der Waals surface area contributed by atoms with Crippen molar-refractivity contribution in [3.05, 3.63) is 54.2 Å². The van der Waals surface area contributed by atoms with Gasteiger partial charge in [-0.2, -0.15) is 0 Å². The first-order chi connectivity index (χ1) is 11.7. The van der Waals surface area contributed by atoms with Crippen LogP contribution in [0.3, 0.4) is 0 Å². The molecule has 0 saturated carbocycles. The molecule has 122 valence electrons. The van der Waals surface area contributed by atoms with Crippen LogP contribution in [-0.2, 0) is 9.53 Å². The molecule has 0 radical (unpaired) electrons. The Morgan fingerprint density at radius 3 is 2.79 bits per heavy atom. The number of benzene rings is 1. The highest BCUT2D eigenvalue weighted by atomic mass is 32.2. The van der Waals surface area contributed by atoms with Gasteiger partial charge in [0.25, 0.3) is 0 Å². The molecule has 1 aromatic carbocycles. The highest BCUT2D eigenvalue weighted by Crippen LogP contribution is 2.19. The van der Waals surface area contributed by atoms with E-state index in [0.717, 1.165) is 5.65 Å². The molecule has 8 heteroatoms. The number of hydrogen-bond donors (Lipinski definition) is 1. The monoisotopic (exact) mass is 342 g/mol. The average molecular weight is 342 g/mol. The summed E-state index contributed by atoms with van der Waals surface area (Å²) in [7, 11) is 1.30. The molecule has 3 rings (SSSR count). The summed E-state index contributed by atoms with van der Waals surface area (Å²) in [5.41, 5.74) is 1.45. The number of pyridine rings is 1. The fourth-order valence-electron chi connectivity index (χ4n) is 2.11. The van der Waals surface area contributed by atoms with E-state index in [1.54, 1.807) is 28.7 Å². The van der Waals surface area contributed by atoms with Gasteiger partial charge in [0.2, 0.25) is 5.91 Å². The number of thioether (sulfide) groups is 1. The van der Waals surface area contributed by atoms with Crippen LogP contribution < -0.4 is 5.32 Å². The molecule has 0 atom stereocenters. The predicted molar refractivity (Wildman–Crippen MR) is 90.1 cm³/mol. The van der Waals surface area contributed by atoms with Crippen LogP contribution in [0.15, 0.2) is 53.8 Å². The highest BCUT2D eigenvalue weighted by Gasteiger charge is 2.14. The lowest BCUT2D eigenvalue weighted by atomic mass is 10.2. The van der Waals surface area contributed by atoms with E-state index < -0.39 is 5.97 Å². The number of carbonyl (C=O) groups excluding carboxylic acids is 2. The third-order valence-electron chi connectivity index (χ3n) is 3.22. The molecule has 0 aliphatic carbocycles. The summed E-state index contributed by atoms with van der Waals surface area (Å²) in [5.74, 6) is -0.600. The molecule has 2 aromatic heterocycles. The van der Waals surface area contributed by atoms with E-state index in [2.05, 4.69) is 15.5 Å². The zero-order chi connectivity index (χ0) is 16.9. The van der Waals surface area contributed by atoms with Crippen LogP contribution in [-0.4, -0.2) is 39.3 Å². The number of anilines is 1. The minimum absolute atomic E-state index is 0.144. The zero-order valence-corrected chi connectivity index (χ0v) is 13.6. The molecule has 0 bridgehead atoms. The Balaban J connectivity index is 1.67. The summed E-state index contributed by atoms with van der Waals surface area (Å²) in [4.78, 5) is 23.9. The first-order valence-electron chi connectivity index (χ1n) is 7.09. The number of nitrogens with zero attached hydrogens (tertiary/aromatic N) is 3. The van der Waals surface area contributed by atoms with E-state index in [0.29, 0.717) is 16.4 Å². The molecule has 0 spiro atoms. The van der Waals surface area contributed by atoms with Gasteiger partial charge in [-0.05, 0) is 24.3 Å². The van der Waals surface area contributed by atoms with Gasteiger partial charge >= 0.3 is 5.97 Å². The minimum Gasteiger partial charge on any atom is -0.465 e. The molecule has 7 nitrogen and oxygen atoms in total. The van der Waals surface area contributed by atoms with Crippen molar-refractivity contribution < 1.29 is 14.3 Å². The molecule has 1 amide bonds. The topological polar surface area (TPSA) is 85.6 Å². The first kappa shape index (κ1) is 16.0. The average Bonchev–Trinajstić information content (AvgIpc) is 3.03. The van der Waals surface area contributed by atoms with Gasteiger partial charge in [0.05, 0.1) is 24.1 Å². The standard InChI is InChI=1S/C16H14N4O3S/c1-23-15(22)11-6-2-3-7-12(11)17-14(21)10-24-16-19-18-13-8-4-5-9-20(13)16/h2-9H,10H2,1H3,(H,17,21). The number of esters is 1. The van der Waals surface area contributed by atoms with Crippen LogP contribution in [0.25, 0.3) is 5.65 Å². The summed E-state index contributed by atoms with van der Waals surface area (Å²) in [6.45, 7) is 0. The summed E-state index contributed by atoms with van der Waals surface area (Å²) >= 11 is 1.27. The third kappa shape index (κ3) is 3.38. The lowest BCUT2D eigenvalue weighted by Crippen LogP contribution is -2.17. The van der Waals surface area contributed by atoms with Crippen LogP contribution in [0.1, 0.15) is 10.4 Å². The van der Waals surface area contributed by atoms with Gasteiger partial charge in [0, 0.05) is 6.20 Å². The van der Waals surface area contributed by atoms with Gasteiger partial charge in [-0.1, -0.05) is 30.0 Å². The third-order valence-corrected chi connectivity index (χ3v) is 4.16. The summed E-state index contributed by atoms with van der Waals surface area (Å²) in [6, 6.07) is 12.3. The molecular weight excluding hydrogens is 328 g/mol. The van der Waals surface area contributed by atoms with Crippen molar-refractivity contribution in [1.82, 2.24) is 14.6 Å². The predicted octanol–water partition coefficient (Wildman–Crippen LogP) is 2.25. The quantitative estimate of drug-likeness (QED) is 0.565. The molecular formula is C16H14N4O3S. The summed E-state index contributed by atoms with van der Waals surface area (Å²) in [6.07, 6.45) is 1.84. The van der Waals surface area contributed by atoms with Crippen molar-refractivity contribution in [3.63, 3.8) is 0 Å². The van der Waals surface area contributed by atoms with Crippen molar-refractivity contribution in [3.8, 4) is 0 Å². The minimum atomic E-state index is -0.498. The molecule has 0 unspecified atom stereocenters. The Kier molecular flexibility index (Phi) is 4.76. The van der Waals surface area contributed by atoms with E-state index in [4.69, 9.17) is 4.74 Å². The zero-order valence-electron chi connectivity index (χ0n) is 12.8. The van der Waals surface area contributed by atoms with Gasteiger partial charge < -0.3 is 10.1 Å². The van der Waals surface area contributed by atoms with Gasteiger partial charge in [-0.15, -0.1) is 10.2 Å². The van der Waals surface area contributed by atoms with Crippen LogP contribution in [0, 0.1) is 0 Å². The molecule has 0 aliphatic heterocycles. The Labute approximate surface area is 142 Å². The van der Waals surface area contributed by atoms with E-state index in [9.17, 15) is 9.59 Å². The number of aromatic nitrogens is 3. The molecule has 0 aliphatic rings. The second kappa shape index (κ2) is 7.14. The fourth-order valence-corrected chi connectivity index (χ4v) is 2.84. The Morgan fingerprint density at radius 1 is 1.17 bits per heavy atom. The molecule has 2 heterocycles. The second-order valence-electron chi connectivity index (χ2n) is 4.79. The number of para-hydroxylation sites is 1. The number of fused-ring (bicyclic) bond motifs is 1. The van der Waals surface area contributed by atoms with Gasteiger partial charge in [-0.3, -0.25) is 9.20 Å². The molecule has 0 fully saturated rings. The number of amides is 1. The Hall–Kier alpha value is -2.87. The van der Waals surface area contributed by atoms with Crippen molar-refractivity contribution in [2.45, 2.75) is 5.16 Å². The number of carbonyl (C=O) groups is 2. The maximum Gasteiger partial charge on any atom is 0.339 e. The van der Waals surface area contributed by atoms with Crippen molar-refractivity contribution in [2.24, 2.45) is 0 Å². The van der Waals surface area contributed by atoms with E-state index in [1.807, 2.05) is 24.4 Å². The van der Waals surface area contributed by atoms with Gasteiger partial charge in [-0.25, -0.2) is 4.79 Å². The maximum atomic E-state index is 12.2. The smallest absolute Gasteiger partial charge is 0.339 e. The number of ether oxygens (including phenoxy) is 1. The fraction of sp³-hybridized carbons (Fsp3) is 0.125. The maximum absolute atomic E-state index is 12.2. The second-order valence-corrected chi connectivity index (χ2v) is 5.73. The van der Waals surface area contributed by atoms with Crippen LogP contribution in [0.4, 0.5) is 5.69 Å². The van der Waals surface area contributed by atoms with E-state index in [-0.39, 0.29) is 11.7 Å². The summed E-state index contributed by atoms with van der Waals surface area (Å²) in [5, 5.41) is 11.4.